The number of aliphatic hydroxyl groups excluding tert-OH is 1. The highest BCUT2D eigenvalue weighted by atomic mass is 79.9. The van der Waals surface area contributed by atoms with Gasteiger partial charge in [-0.1, -0.05) is 28.1 Å². The predicted molar refractivity (Wildman–Crippen MR) is 66.3 cm³/mol. The first kappa shape index (κ1) is 11.4. The molecule has 16 heavy (non-hydrogen) atoms. The van der Waals surface area contributed by atoms with Crippen LogP contribution in [0.3, 0.4) is 0 Å². The Morgan fingerprint density at radius 1 is 1.38 bits per heavy atom. The Bertz CT molecular complexity index is 463. The van der Waals surface area contributed by atoms with Gasteiger partial charge < -0.3 is 9.52 Å². The lowest BCUT2D eigenvalue weighted by Crippen LogP contribution is -2.01. The van der Waals surface area contributed by atoms with Crippen molar-refractivity contribution in [2.24, 2.45) is 0 Å². The molecular weight excluding hydrogens is 268 g/mol. The van der Waals surface area contributed by atoms with Gasteiger partial charge >= 0.3 is 0 Å². The normalized spacial score (nSPS) is 12.7. The van der Waals surface area contributed by atoms with Crippen LogP contribution in [0.25, 0.3) is 0 Å². The third-order valence-electron chi connectivity index (χ3n) is 2.58. The van der Waals surface area contributed by atoms with Crippen molar-refractivity contribution < 1.29 is 9.52 Å². The fourth-order valence-electron chi connectivity index (χ4n) is 1.63. The van der Waals surface area contributed by atoms with E-state index in [9.17, 15) is 5.11 Å². The SMILES string of the molecule is Cc1cc(C(O)Cc2ccoc2)ccc1Br. The molecule has 0 spiro atoms. The molecule has 1 atom stereocenters. The molecule has 1 unspecified atom stereocenters. The van der Waals surface area contributed by atoms with Crippen LogP contribution in [-0.4, -0.2) is 5.11 Å². The van der Waals surface area contributed by atoms with Gasteiger partial charge in [0.15, 0.2) is 0 Å². The van der Waals surface area contributed by atoms with Gasteiger partial charge in [-0.25, -0.2) is 0 Å². The molecular formula is C13H13BrO2. The van der Waals surface area contributed by atoms with E-state index in [1.54, 1.807) is 12.5 Å². The van der Waals surface area contributed by atoms with Gasteiger partial charge in [0.1, 0.15) is 0 Å². The van der Waals surface area contributed by atoms with E-state index in [0.717, 1.165) is 21.2 Å². The van der Waals surface area contributed by atoms with Gasteiger partial charge in [-0.2, -0.15) is 0 Å². The second-order valence-corrected chi connectivity index (χ2v) is 4.71. The Morgan fingerprint density at radius 3 is 2.81 bits per heavy atom. The van der Waals surface area contributed by atoms with E-state index in [2.05, 4.69) is 15.9 Å². The third-order valence-corrected chi connectivity index (χ3v) is 3.47. The van der Waals surface area contributed by atoms with E-state index in [-0.39, 0.29) is 0 Å². The van der Waals surface area contributed by atoms with Crippen molar-refractivity contribution in [3.05, 3.63) is 58.0 Å². The maximum absolute atomic E-state index is 10.1. The minimum Gasteiger partial charge on any atom is -0.472 e. The monoisotopic (exact) mass is 280 g/mol. The van der Waals surface area contributed by atoms with Crippen LogP contribution in [0.1, 0.15) is 22.8 Å². The fourth-order valence-corrected chi connectivity index (χ4v) is 1.87. The molecule has 0 aliphatic carbocycles. The molecule has 2 rings (SSSR count). The topological polar surface area (TPSA) is 33.4 Å². The highest BCUT2D eigenvalue weighted by molar-refractivity contribution is 9.10. The van der Waals surface area contributed by atoms with E-state index < -0.39 is 6.10 Å². The molecule has 0 saturated heterocycles. The highest BCUT2D eigenvalue weighted by Gasteiger charge is 2.10. The quantitative estimate of drug-likeness (QED) is 0.932. The molecule has 0 saturated carbocycles. The smallest absolute Gasteiger partial charge is 0.0935 e. The van der Waals surface area contributed by atoms with Crippen molar-refractivity contribution >= 4 is 15.9 Å². The number of hydrogen-bond acceptors (Lipinski definition) is 2. The molecule has 0 bridgehead atoms. The highest BCUT2D eigenvalue weighted by Crippen LogP contribution is 2.23. The van der Waals surface area contributed by atoms with Gasteiger partial charge in [0.2, 0.25) is 0 Å². The molecule has 1 aromatic heterocycles. The van der Waals surface area contributed by atoms with E-state index in [1.807, 2.05) is 31.2 Å². The summed E-state index contributed by atoms with van der Waals surface area (Å²) in [6, 6.07) is 7.76. The maximum Gasteiger partial charge on any atom is 0.0935 e. The summed E-state index contributed by atoms with van der Waals surface area (Å²) in [5.41, 5.74) is 3.07. The Hall–Kier alpha value is -1.06. The number of aryl methyl sites for hydroxylation is 1. The number of aliphatic hydroxyl groups is 1. The summed E-state index contributed by atoms with van der Waals surface area (Å²) in [6.45, 7) is 2.01. The van der Waals surface area contributed by atoms with E-state index in [1.165, 1.54) is 0 Å². The van der Waals surface area contributed by atoms with Gasteiger partial charge in [-0.3, -0.25) is 0 Å². The summed E-state index contributed by atoms with van der Waals surface area (Å²) in [5, 5.41) is 10.1. The molecule has 3 heteroatoms. The maximum atomic E-state index is 10.1. The summed E-state index contributed by atoms with van der Waals surface area (Å²) in [6.07, 6.45) is 3.38. The van der Waals surface area contributed by atoms with Crippen LogP contribution < -0.4 is 0 Å². The summed E-state index contributed by atoms with van der Waals surface area (Å²) in [5.74, 6) is 0. The minimum atomic E-state index is -0.482. The number of rotatable bonds is 3. The van der Waals surface area contributed by atoms with Crippen LogP contribution >= 0.6 is 15.9 Å². The van der Waals surface area contributed by atoms with Gasteiger partial charge in [0.05, 0.1) is 18.6 Å². The fraction of sp³-hybridized carbons (Fsp3) is 0.231. The molecule has 0 amide bonds. The summed E-state index contributed by atoms with van der Waals surface area (Å²) >= 11 is 3.44. The second-order valence-electron chi connectivity index (χ2n) is 3.86. The van der Waals surface area contributed by atoms with Crippen molar-refractivity contribution in [2.45, 2.75) is 19.4 Å². The Balaban J connectivity index is 2.14. The van der Waals surface area contributed by atoms with Gasteiger partial charge in [0.25, 0.3) is 0 Å². The van der Waals surface area contributed by atoms with E-state index >= 15 is 0 Å². The standard InChI is InChI=1S/C13H13BrO2/c1-9-6-11(2-3-12(9)14)13(15)7-10-4-5-16-8-10/h2-6,8,13,15H,7H2,1H3. The number of furan rings is 1. The van der Waals surface area contributed by atoms with Crippen LogP contribution in [0.15, 0.2) is 45.7 Å². The molecule has 1 N–H and O–H groups in total. The van der Waals surface area contributed by atoms with Crippen molar-refractivity contribution in [3.63, 3.8) is 0 Å². The van der Waals surface area contributed by atoms with Crippen LogP contribution in [0, 0.1) is 6.92 Å². The number of halogens is 1. The molecule has 0 aliphatic heterocycles. The zero-order valence-corrected chi connectivity index (χ0v) is 10.6. The van der Waals surface area contributed by atoms with Crippen LogP contribution in [0.5, 0.6) is 0 Å². The average Bonchev–Trinajstić information content (AvgIpc) is 2.74. The molecule has 0 aliphatic rings. The van der Waals surface area contributed by atoms with Gasteiger partial charge in [0, 0.05) is 10.9 Å². The zero-order chi connectivity index (χ0) is 11.5. The van der Waals surface area contributed by atoms with Crippen molar-refractivity contribution in [3.8, 4) is 0 Å². The summed E-state index contributed by atoms with van der Waals surface area (Å²) < 4.78 is 6.04. The lowest BCUT2D eigenvalue weighted by Gasteiger charge is -2.11. The Kier molecular flexibility index (Phi) is 3.46. The molecule has 0 radical (unpaired) electrons. The van der Waals surface area contributed by atoms with Crippen LogP contribution in [0.2, 0.25) is 0 Å². The summed E-state index contributed by atoms with van der Waals surface area (Å²) in [4.78, 5) is 0. The predicted octanol–water partition coefficient (Wildman–Crippen LogP) is 3.63. The number of hydrogen-bond donors (Lipinski definition) is 1. The molecule has 1 heterocycles. The molecule has 84 valence electrons. The largest absolute Gasteiger partial charge is 0.472 e. The van der Waals surface area contributed by atoms with Crippen molar-refractivity contribution in [2.75, 3.05) is 0 Å². The number of benzene rings is 1. The minimum absolute atomic E-state index is 0.482. The van der Waals surface area contributed by atoms with Crippen molar-refractivity contribution in [1.82, 2.24) is 0 Å². The van der Waals surface area contributed by atoms with Crippen LogP contribution in [-0.2, 0) is 6.42 Å². The third kappa shape index (κ3) is 2.54. The lowest BCUT2D eigenvalue weighted by molar-refractivity contribution is 0.178. The van der Waals surface area contributed by atoms with E-state index in [0.29, 0.717) is 6.42 Å². The first-order valence-corrected chi connectivity index (χ1v) is 5.91. The van der Waals surface area contributed by atoms with Gasteiger partial charge in [-0.15, -0.1) is 0 Å². The first-order valence-electron chi connectivity index (χ1n) is 5.12. The van der Waals surface area contributed by atoms with Crippen LogP contribution in [0.4, 0.5) is 0 Å². The summed E-state index contributed by atoms with van der Waals surface area (Å²) in [7, 11) is 0. The molecule has 1 aromatic carbocycles. The Morgan fingerprint density at radius 2 is 2.19 bits per heavy atom. The zero-order valence-electron chi connectivity index (χ0n) is 8.98. The first-order chi connectivity index (χ1) is 7.66. The van der Waals surface area contributed by atoms with Gasteiger partial charge in [-0.05, 0) is 35.7 Å². The lowest BCUT2D eigenvalue weighted by atomic mass is 10.0. The second kappa shape index (κ2) is 4.85. The van der Waals surface area contributed by atoms with E-state index in [4.69, 9.17) is 4.42 Å². The average molecular weight is 281 g/mol. The molecule has 2 nitrogen and oxygen atoms in total. The molecule has 2 aromatic rings. The van der Waals surface area contributed by atoms with Crippen molar-refractivity contribution in [1.29, 1.82) is 0 Å². The molecule has 0 fully saturated rings. The Labute approximate surface area is 103 Å².